The van der Waals surface area contributed by atoms with Gasteiger partial charge >= 0.3 is 0 Å². The van der Waals surface area contributed by atoms with Gasteiger partial charge in [-0.25, -0.2) is 0 Å². The molecule has 0 unspecified atom stereocenters. The van der Waals surface area contributed by atoms with Crippen molar-refractivity contribution in [2.75, 3.05) is 46.4 Å². The van der Waals surface area contributed by atoms with E-state index in [4.69, 9.17) is 4.74 Å². The minimum atomic E-state index is 0.585. The van der Waals surface area contributed by atoms with E-state index in [-0.39, 0.29) is 0 Å². The minimum Gasteiger partial charge on any atom is -0.492 e. The number of benzene rings is 1. The van der Waals surface area contributed by atoms with Crippen LogP contribution in [0.25, 0.3) is 0 Å². The molecule has 3 rings (SSSR count). The zero-order chi connectivity index (χ0) is 16.2. The molecule has 3 nitrogen and oxygen atoms in total. The average Bonchev–Trinajstić information content (AvgIpc) is 2.51. The number of hydrogen-bond donors (Lipinski definition) is 0. The topological polar surface area (TPSA) is 15.7 Å². The molecular formula is C20H32N2O. The first-order chi connectivity index (χ1) is 11.1. The number of likely N-dealkylation sites (tertiary alicyclic amines) is 2. The lowest BCUT2D eigenvalue weighted by atomic mass is 9.80. The summed E-state index contributed by atoms with van der Waals surface area (Å²) in [7, 11) is 2.24. The van der Waals surface area contributed by atoms with Crippen molar-refractivity contribution < 1.29 is 4.74 Å². The zero-order valence-electron chi connectivity index (χ0n) is 15.0. The third-order valence-corrected chi connectivity index (χ3v) is 5.64. The van der Waals surface area contributed by atoms with Crippen molar-refractivity contribution in [2.45, 2.75) is 32.6 Å². The van der Waals surface area contributed by atoms with Crippen LogP contribution in [0.15, 0.2) is 24.3 Å². The maximum atomic E-state index is 5.89. The van der Waals surface area contributed by atoms with E-state index in [1.165, 1.54) is 44.6 Å². The van der Waals surface area contributed by atoms with Crippen LogP contribution in [0.5, 0.6) is 5.75 Å². The highest BCUT2D eigenvalue weighted by atomic mass is 16.5. The zero-order valence-corrected chi connectivity index (χ0v) is 15.0. The van der Waals surface area contributed by atoms with Crippen LogP contribution in [-0.2, 0) is 0 Å². The molecule has 0 bridgehead atoms. The first-order valence-electron chi connectivity index (χ1n) is 9.25. The Kier molecular flexibility index (Phi) is 5.60. The maximum Gasteiger partial charge on any atom is 0.119 e. The van der Waals surface area contributed by atoms with Crippen molar-refractivity contribution in [2.24, 2.45) is 11.8 Å². The number of hydrogen-bond acceptors (Lipinski definition) is 3. The molecule has 2 heterocycles. The number of ether oxygens (including phenoxy) is 1. The molecule has 0 spiro atoms. The molecule has 0 aromatic heterocycles. The fourth-order valence-corrected chi connectivity index (χ4v) is 3.83. The third kappa shape index (κ3) is 4.48. The van der Waals surface area contributed by atoms with Crippen LogP contribution in [0, 0.1) is 11.8 Å². The van der Waals surface area contributed by atoms with Crippen molar-refractivity contribution in [3.05, 3.63) is 29.8 Å². The summed E-state index contributed by atoms with van der Waals surface area (Å²) in [5.74, 6) is 3.49. The van der Waals surface area contributed by atoms with Crippen molar-refractivity contribution >= 4 is 0 Å². The monoisotopic (exact) mass is 316 g/mol. The summed E-state index contributed by atoms with van der Waals surface area (Å²) in [6, 6.07) is 8.57. The van der Waals surface area contributed by atoms with Gasteiger partial charge in [0.25, 0.3) is 0 Å². The van der Waals surface area contributed by atoms with E-state index in [1.807, 2.05) is 0 Å². The predicted octanol–water partition coefficient (Wildman–Crippen LogP) is 3.46. The molecule has 0 saturated carbocycles. The fraction of sp³-hybridized carbons (Fsp3) is 0.700. The van der Waals surface area contributed by atoms with Crippen LogP contribution in [0.1, 0.15) is 38.2 Å². The number of rotatable bonds is 6. The van der Waals surface area contributed by atoms with Crippen molar-refractivity contribution in [1.82, 2.24) is 9.80 Å². The van der Waals surface area contributed by atoms with Gasteiger partial charge in [-0.05, 0) is 68.4 Å². The molecule has 23 heavy (non-hydrogen) atoms. The van der Waals surface area contributed by atoms with Crippen molar-refractivity contribution in [3.8, 4) is 5.75 Å². The normalized spacial score (nSPS) is 21.6. The Morgan fingerprint density at radius 3 is 2.30 bits per heavy atom. The van der Waals surface area contributed by atoms with E-state index in [1.54, 1.807) is 0 Å². The molecule has 1 aromatic carbocycles. The lowest BCUT2D eigenvalue weighted by Gasteiger charge is -2.45. The molecule has 3 heteroatoms. The molecule has 1 aromatic rings. The molecule has 2 aliphatic rings. The van der Waals surface area contributed by atoms with E-state index in [0.717, 1.165) is 30.7 Å². The summed E-state index contributed by atoms with van der Waals surface area (Å²) in [5, 5.41) is 0. The highest BCUT2D eigenvalue weighted by Crippen LogP contribution is 2.31. The molecule has 0 atom stereocenters. The van der Waals surface area contributed by atoms with Gasteiger partial charge in [-0.15, -0.1) is 0 Å². The summed E-state index contributed by atoms with van der Waals surface area (Å²) < 4.78 is 5.89. The van der Waals surface area contributed by atoms with Gasteiger partial charge in [0.1, 0.15) is 12.4 Å². The Labute approximate surface area is 141 Å². The highest BCUT2D eigenvalue weighted by Gasteiger charge is 2.34. The van der Waals surface area contributed by atoms with E-state index < -0.39 is 0 Å². The van der Waals surface area contributed by atoms with Gasteiger partial charge in [-0.3, -0.25) is 4.90 Å². The Bertz CT molecular complexity index is 471. The van der Waals surface area contributed by atoms with Crippen LogP contribution >= 0.6 is 0 Å². The van der Waals surface area contributed by atoms with Crippen LogP contribution < -0.4 is 4.74 Å². The van der Waals surface area contributed by atoms with E-state index in [9.17, 15) is 0 Å². The van der Waals surface area contributed by atoms with Gasteiger partial charge in [0.05, 0.1) is 0 Å². The lowest BCUT2D eigenvalue weighted by molar-refractivity contribution is 0.0240. The lowest BCUT2D eigenvalue weighted by Crippen LogP contribution is -2.52. The van der Waals surface area contributed by atoms with Crippen LogP contribution in [0.2, 0.25) is 0 Å². The molecule has 0 amide bonds. The minimum absolute atomic E-state index is 0.585. The quantitative estimate of drug-likeness (QED) is 0.799. The van der Waals surface area contributed by atoms with Gasteiger partial charge in [-0.1, -0.05) is 26.0 Å². The summed E-state index contributed by atoms with van der Waals surface area (Å²) in [4.78, 5) is 5.01. The van der Waals surface area contributed by atoms with Crippen LogP contribution in [-0.4, -0.2) is 56.2 Å². The first-order valence-corrected chi connectivity index (χ1v) is 9.25. The van der Waals surface area contributed by atoms with Gasteiger partial charge in [0.2, 0.25) is 0 Å². The predicted molar refractivity (Wildman–Crippen MR) is 96.2 cm³/mol. The van der Waals surface area contributed by atoms with Gasteiger partial charge in [0.15, 0.2) is 0 Å². The first kappa shape index (κ1) is 16.8. The van der Waals surface area contributed by atoms with Crippen molar-refractivity contribution in [1.29, 1.82) is 0 Å². The molecular weight excluding hydrogens is 284 g/mol. The second kappa shape index (κ2) is 7.67. The molecule has 2 saturated heterocycles. The third-order valence-electron chi connectivity index (χ3n) is 5.64. The average molecular weight is 316 g/mol. The Balaban J connectivity index is 1.32. The molecule has 128 valence electrons. The summed E-state index contributed by atoms with van der Waals surface area (Å²) in [6.07, 6.45) is 2.79. The van der Waals surface area contributed by atoms with Gasteiger partial charge in [-0.2, -0.15) is 0 Å². The molecule has 0 radical (unpaired) electrons. The van der Waals surface area contributed by atoms with E-state index in [0.29, 0.717) is 5.92 Å². The maximum absolute atomic E-state index is 5.89. The largest absolute Gasteiger partial charge is 0.492 e. The Hall–Kier alpha value is -1.06. The second-order valence-corrected chi connectivity index (χ2v) is 7.73. The summed E-state index contributed by atoms with van der Waals surface area (Å²) in [6.45, 7) is 11.5. The molecule has 0 aliphatic carbocycles. The summed E-state index contributed by atoms with van der Waals surface area (Å²) in [5.41, 5.74) is 1.38. The highest BCUT2D eigenvalue weighted by molar-refractivity contribution is 5.28. The van der Waals surface area contributed by atoms with Crippen LogP contribution in [0.4, 0.5) is 0 Å². The van der Waals surface area contributed by atoms with Crippen LogP contribution in [0.3, 0.4) is 0 Å². The fourth-order valence-electron chi connectivity index (χ4n) is 3.83. The molecule has 2 aliphatic heterocycles. The number of nitrogens with zero attached hydrogens (tertiary/aromatic N) is 2. The standard InChI is InChI=1S/C20H32N2O/c1-16(2)17-4-6-20(7-5-17)23-13-12-22-14-19(15-22)18-8-10-21(3)11-9-18/h4-7,16,18-19H,8-15H2,1-3H3. The smallest absolute Gasteiger partial charge is 0.119 e. The molecule has 2 fully saturated rings. The Morgan fingerprint density at radius 1 is 1.04 bits per heavy atom. The van der Waals surface area contributed by atoms with Gasteiger partial charge < -0.3 is 9.64 Å². The second-order valence-electron chi connectivity index (χ2n) is 7.73. The van der Waals surface area contributed by atoms with E-state index >= 15 is 0 Å². The van der Waals surface area contributed by atoms with Gasteiger partial charge in [0, 0.05) is 19.6 Å². The summed E-state index contributed by atoms with van der Waals surface area (Å²) >= 11 is 0. The Morgan fingerprint density at radius 2 is 1.70 bits per heavy atom. The van der Waals surface area contributed by atoms with Crippen molar-refractivity contribution in [3.63, 3.8) is 0 Å². The molecule has 0 N–H and O–H groups in total. The van der Waals surface area contributed by atoms with E-state index in [2.05, 4.69) is 55.0 Å². The number of piperidine rings is 1. The SMILES string of the molecule is CC(C)c1ccc(OCCN2CC(C3CCN(C)CC3)C2)cc1.